The SMILES string of the molecule is CCc1ccc(NC(=O)c2ccc(F)c(S(=O)(=O)N(CC)Cc3ccccc3)c2)cc1. The van der Waals surface area contributed by atoms with Crippen LogP contribution in [0.3, 0.4) is 0 Å². The number of aryl methyl sites for hydroxylation is 1. The fraction of sp³-hybridized carbons (Fsp3) is 0.208. The molecule has 0 aliphatic rings. The van der Waals surface area contributed by atoms with Crippen molar-refractivity contribution in [1.29, 1.82) is 0 Å². The maximum absolute atomic E-state index is 14.5. The van der Waals surface area contributed by atoms with E-state index >= 15 is 0 Å². The molecule has 0 unspecified atom stereocenters. The first kappa shape index (κ1) is 22.7. The second-order valence-electron chi connectivity index (χ2n) is 7.07. The first-order chi connectivity index (χ1) is 14.8. The average molecular weight is 441 g/mol. The molecule has 0 aliphatic carbocycles. The van der Waals surface area contributed by atoms with Crippen molar-refractivity contribution in [2.45, 2.75) is 31.7 Å². The standard InChI is InChI=1S/C24H25FN2O3S/c1-3-18-10-13-21(14-11-18)26-24(28)20-12-15-22(25)23(16-20)31(29,30)27(4-2)17-19-8-6-5-7-9-19/h5-16H,3-4,17H2,1-2H3,(H,26,28). The molecule has 0 saturated heterocycles. The Bertz CT molecular complexity index is 1150. The molecule has 0 radical (unpaired) electrons. The molecule has 31 heavy (non-hydrogen) atoms. The predicted octanol–water partition coefficient (Wildman–Crippen LogP) is 4.85. The molecular formula is C24H25FN2O3S. The molecule has 1 amide bonds. The monoisotopic (exact) mass is 440 g/mol. The first-order valence-electron chi connectivity index (χ1n) is 10.1. The highest BCUT2D eigenvalue weighted by atomic mass is 32.2. The lowest BCUT2D eigenvalue weighted by molar-refractivity contribution is 0.102. The lowest BCUT2D eigenvalue weighted by atomic mass is 10.1. The first-order valence-corrected chi connectivity index (χ1v) is 11.5. The number of carbonyl (C=O) groups excluding carboxylic acids is 1. The zero-order valence-electron chi connectivity index (χ0n) is 17.5. The van der Waals surface area contributed by atoms with Gasteiger partial charge in [-0.25, -0.2) is 12.8 Å². The molecule has 0 saturated carbocycles. The number of sulfonamides is 1. The summed E-state index contributed by atoms with van der Waals surface area (Å²) in [5.41, 5.74) is 2.56. The van der Waals surface area contributed by atoms with E-state index in [1.54, 1.807) is 19.1 Å². The highest BCUT2D eigenvalue weighted by Gasteiger charge is 2.27. The van der Waals surface area contributed by atoms with Crippen molar-refractivity contribution in [2.75, 3.05) is 11.9 Å². The number of hydrogen-bond acceptors (Lipinski definition) is 3. The fourth-order valence-electron chi connectivity index (χ4n) is 3.16. The summed E-state index contributed by atoms with van der Waals surface area (Å²) >= 11 is 0. The topological polar surface area (TPSA) is 66.5 Å². The van der Waals surface area contributed by atoms with Gasteiger partial charge < -0.3 is 5.32 Å². The van der Waals surface area contributed by atoms with Crippen LogP contribution in [0.4, 0.5) is 10.1 Å². The van der Waals surface area contributed by atoms with Gasteiger partial charge >= 0.3 is 0 Å². The van der Waals surface area contributed by atoms with E-state index in [2.05, 4.69) is 5.32 Å². The number of nitrogens with one attached hydrogen (secondary N) is 1. The van der Waals surface area contributed by atoms with E-state index in [1.807, 2.05) is 49.4 Å². The van der Waals surface area contributed by atoms with E-state index in [4.69, 9.17) is 0 Å². The lowest BCUT2D eigenvalue weighted by Crippen LogP contribution is -2.31. The van der Waals surface area contributed by atoms with Gasteiger partial charge in [-0.3, -0.25) is 4.79 Å². The van der Waals surface area contributed by atoms with Crippen LogP contribution in [0.2, 0.25) is 0 Å². The molecule has 0 fully saturated rings. The molecular weight excluding hydrogens is 415 g/mol. The Kier molecular flexibility index (Phi) is 7.20. The fourth-order valence-corrected chi connectivity index (χ4v) is 4.69. The maximum Gasteiger partial charge on any atom is 0.255 e. The summed E-state index contributed by atoms with van der Waals surface area (Å²) < 4.78 is 42.0. The van der Waals surface area contributed by atoms with Gasteiger partial charge in [-0.2, -0.15) is 4.31 Å². The van der Waals surface area contributed by atoms with Crippen molar-refractivity contribution in [2.24, 2.45) is 0 Å². The Morgan fingerprint density at radius 3 is 2.23 bits per heavy atom. The van der Waals surface area contributed by atoms with Gasteiger partial charge in [0.1, 0.15) is 10.7 Å². The third kappa shape index (κ3) is 5.37. The third-order valence-electron chi connectivity index (χ3n) is 4.99. The number of nitrogens with zero attached hydrogens (tertiary/aromatic N) is 1. The van der Waals surface area contributed by atoms with Gasteiger partial charge in [-0.05, 0) is 47.9 Å². The minimum atomic E-state index is -4.14. The van der Waals surface area contributed by atoms with Crippen molar-refractivity contribution < 1.29 is 17.6 Å². The van der Waals surface area contributed by atoms with Gasteiger partial charge in [0.2, 0.25) is 10.0 Å². The zero-order chi connectivity index (χ0) is 22.4. The minimum absolute atomic E-state index is 0.0651. The number of amides is 1. The number of carbonyl (C=O) groups is 1. The lowest BCUT2D eigenvalue weighted by Gasteiger charge is -2.21. The van der Waals surface area contributed by atoms with Crippen LogP contribution in [0.25, 0.3) is 0 Å². The molecule has 1 N–H and O–H groups in total. The number of anilines is 1. The Balaban J connectivity index is 1.86. The van der Waals surface area contributed by atoms with Crippen LogP contribution in [-0.4, -0.2) is 25.2 Å². The van der Waals surface area contributed by atoms with Gasteiger partial charge in [0, 0.05) is 24.3 Å². The van der Waals surface area contributed by atoms with Crippen LogP contribution in [-0.2, 0) is 23.0 Å². The molecule has 162 valence electrons. The van der Waals surface area contributed by atoms with Crippen LogP contribution in [0.5, 0.6) is 0 Å². The summed E-state index contributed by atoms with van der Waals surface area (Å²) in [5, 5.41) is 2.72. The molecule has 0 bridgehead atoms. The van der Waals surface area contributed by atoms with Crippen LogP contribution in [0.1, 0.15) is 35.3 Å². The number of benzene rings is 3. The van der Waals surface area contributed by atoms with Crippen LogP contribution >= 0.6 is 0 Å². The number of hydrogen-bond donors (Lipinski definition) is 1. The van der Waals surface area contributed by atoms with Crippen LogP contribution in [0.15, 0.2) is 77.7 Å². The third-order valence-corrected chi connectivity index (χ3v) is 6.92. The van der Waals surface area contributed by atoms with Gasteiger partial charge in [0.15, 0.2) is 0 Å². The van der Waals surface area contributed by atoms with Gasteiger partial charge in [-0.15, -0.1) is 0 Å². The molecule has 0 heterocycles. The summed E-state index contributed by atoms with van der Waals surface area (Å²) in [6.07, 6.45) is 0.879. The van der Waals surface area contributed by atoms with Crippen molar-refractivity contribution in [3.8, 4) is 0 Å². The summed E-state index contributed by atoms with van der Waals surface area (Å²) in [7, 11) is -4.14. The molecule has 3 aromatic carbocycles. The molecule has 5 nitrogen and oxygen atoms in total. The second kappa shape index (κ2) is 9.85. The molecule has 0 spiro atoms. The zero-order valence-corrected chi connectivity index (χ0v) is 18.3. The minimum Gasteiger partial charge on any atom is -0.322 e. The van der Waals surface area contributed by atoms with E-state index in [1.165, 1.54) is 10.4 Å². The van der Waals surface area contributed by atoms with E-state index in [0.717, 1.165) is 29.7 Å². The summed E-state index contributed by atoms with van der Waals surface area (Å²) in [6.45, 7) is 4.00. The molecule has 3 rings (SSSR count). The van der Waals surface area contributed by atoms with E-state index in [0.29, 0.717) is 5.69 Å². The smallest absolute Gasteiger partial charge is 0.255 e. The van der Waals surface area contributed by atoms with Crippen molar-refractivity contribution in [1.82, 2.24) is 4.31 Å². The molecule has 0 aliphatic heterocycles. The molecule has 7 heteroatoms. The van der Waals surface area contributed by atoms with Crippen LogP contribution < -0.4 is 5.32 Å². The average Bonchev–Trinajstić information content (AvgIpc) is 2.78. The van der Waals surface area contributed by atoms with Gasteiger partial charge in [0.05, 0.1) is 0 Å². The Hall–Kier alpha value is -3.03. The molecule has 0 aromatic heterocycles. The summed E-state index contributed by atoms with van der Waals surface area (Å²) in [5.74, 6) is -1.40. The van der Waals surface area contributed by atoms with E-state index < -0.39 is 26.6 Å². The highest BCUT2D eigenvalue weighted by molar-refractivity contribution is 7.89. The van der Waals surface area contributed by atoms with E-state index in [9.17, 15) is 17.6 Å². The Morgan fingerprint density at radius 2 is 1.61 bits per heavy atom. The Labute approximate surface area is 182 Å². The number of rotatable bonds is 8. The van der Waals surface area contributed by atoms with Crippen molar-refractivity contribution >= 4 is 21.6 Å². The van der Waals surface area contributed by atoms with Crippen molar-refractivity contribution in [3.05, 3.63) is 95.3 Å². The summed E-state index contributed by atoms with van der Waals surface area (Å²) in [6, 6.07) is 19.8. The van der Waals surface area contributed by atoms with Gasteiger partial charge in [0.25, 0.3) is 5.91 Å². The Morgan fingerprint density at radius 1 is 0.935 bits per heavy atom. The quantitative estimate of drug-likeness (QED) is 0.544. The molecule has 3 aromatic rings. The molecule has 0 atom stereocenters. The maximum atomic E-state index is 14.5. The van der Waals surface area contributed by atoms with Gasteiger partial charge in [-0.1, -0.05) is 56.3 Å². The second-order valence-corrected chi connectivity index (χ2v) is 8.97. The largest absolute Gasteiger partial charge is 0.322 e. The van der Waals surface area contributed by atoms with E-state index in [-0.39, 0.29) is 18.7 Å². The van der Waals surface area contributed by atoms with Crippen LogP contribution in [0, 0.1) is 5.82 Å². The number of halogens is 1. The normalized spacial score (nSPS) is 11.5. The predicted molar refractivity (Wildman–Crippen MR) is 120 cm³/mol. The summed E-state index contributed by atoms with van der Waals surface area (Å²) in [4.78, 5) is 12.1. The highest BCUT2D eigenvalue weighted by Crippen LogP contribution is 2.23. The van der Waals surface area contributed by atoms with Crippen molar-refractivity contribution in [3.63, 3.8) is 0 Å².